The monoisotopic (exact) mass is 353 g/mol. The smallest absolute Gasteiger partial charge is 0.336 e. The third kappa shape index (κ3) is 3.26. The third-order valence-corrected chi connectivity index (χ3v) is 4.15. The molecule has 0 aliphatic rings. The van der Waals surface area contributed by atoms with Crippen LogP contribution in [-0.4, -0.2) is 19.2 Å². The topological polar surface area (TPSA) is 88.8 Å². The fourth-order valence-corrected chi connectivity index (χ4v) is 2.72. The number of hydrogen-bond acceptors (Lipinski definition) is 6. The molecule has 0 unspecified atom stereocenters. The summed E-state index contributed by atoms with van der Waals surface area (Å²) in [5.74, 6) is -0.286. The van der Waals surface area contributed by atoms with Crippen LogP contribution in [0.1, 0.15) is 12.5 Å². The molecule has 1 atom stereocenters. The molecule has 0 amide bonds. The summed E-state index contributed by atoms with van der Waals surface area (Å²) in [5.41, 5.74) is 1.94. The summed E-state index contributed by atoms with van der Waals surface area (Å²) < 4.78 is 15.9. The van der Waals surface area contributed by atoms with E-state index in [4.69, 9.17) is 13.9 Å². The number of carboxylic acid groups (broad SMARTS) is 1. The molecule has 0 aliphatic heterocycles. The molecule has 0 aliphatic carbocycles. The first-order valence-electron chi connectivity index (χ1n) is 8.00. The highest BCUT2D eigenvalue weighted by atomic mass is 16.5. The van der Waals surface area contributed by atoms with Gasteiger partial charge in [0.05, 0.1) is 13.1 Å². The summed E-state index contributed by atoms with van der Waals surface area (Å²) in [6.07, 6.45) is -1.12. The number of ether oxygens (including phenoxy) is 2. The Bertz CT molecular complexity index is 1020. The maximum Gasteiger partial charge on any atom is 0.336 e. The molecule has 134 valence electrons. The van der Waals surface area contributed by atoms with Gasteiger partial charge in [-0.25, -0.2) is 4.79 Å². The second-order valence-electron chi connectivity index (χ2n) is 5.85. The first-order chi connectivity index (χ1) is 12.4. The summed E-state index contributed by atoms with van der Waals surface area (Å²) in [6.45, 7) is 3.09. The lowest BCUT2D eigenvalue weighted by Gasteiger charge is -2.18. The van der Waals surface area contributed by atoms with E-state index in [0.717, 1.165) is 10.9 Å². The van der Waals surface area contributed by atoms with Gasteiger partial charge in [0.15, 0.2) is 0 Å². The molecular weight excluding hydrogens is 336 g/mol. The minimum Gasteiger partial charge on any atom is -0.546 e. The number of hydrogen-bond donors (Lipinski definition) is 0. The Balaban J connectivity index is 2.15. The molecule has 1 aromatic heterocycles. The molecular formula is C20H17O6-. The Morgan fingerprint density at radius 2 is 1.85 bits per heavy atom. The average molecular weight is 353 g/mol. The number of aliphatic carboxylic acids is 1. The van der Waals surface area contributed by atoms with Crippen molar-refractivity contribution in [3.63, 3.8) is 0 Å². The summed E-state index contributed by atoms with van der Waals surface area (Å²) in [7, 11) is 1.58. The summed E-state index contributed by atoms with van der Waals surface area (Å²) in [6, 6.07) is 12.1. The van der Waals surface area contributed by atoms with Gasteiger partial charge in [0.25, 0.3) is 0 Å². The Kier molecular flexibility index (Phi) is 4.67. The van der Waals surface area contributed by atoms with Crippen molar-refractivity contribution in [3.05, 3.63) is 58.4 Å². The maximum absolute atomic E-state index is 12.1. The lowest BCUT2D eigenvalue weighted by Crippen LogP contribution is -2.37. The fraction of sp³-hybridized carbons (Fsp3) is 0.200. The quantitative estimate of drug-likeness (QED) is 0.654. The molecule has 26 heavy (non-hydrogen) atoms. The van der Waals surface area contributed by atoms with E-state index in [0.29, 0.717) is 28.2 Å². The molecule has 2 aromatic carbocycles. The number of benzene rings is 2. The standard InChI is InChI=1S/C20H18O6/c1-11-17(25-12(2)20(22)23)9-8-15-16(10-18(21)26-19(11)15)13-4-6-14(24-3)7-5-13/h4-10,12H,1-3H3,(H,22,23)/p-1/t12-/m1/s1. The predicted octanol–water partition coefficient (Wildman–Crippen LogP) is 2.29. The van der Waals surface area contributed by atoms with Crippen LogP contribution >= 0.6 is 0 Å². The number of carbonyl (C=O) groups excluding carboxylic acids is 1. The second kappa shape index (κ2) is 6.92. The normalized spacial score (nSPS) is 12.0. The molecule has 0 bridgehead atoms. The molecule has 0 radical (unpaired) electrons. The van der Waals surface area contributed by atoms with Crippen molar-refractivity contribution in [2.24, 2.45) is 0 Å². The van der Waals surface area contributed by atoms with E-state index in [1.807, 2.05) is 24.3 Å². The molecule has 1 heterocycles. The van der Waals surface area contributed by atoms with E-state index in [-0.39, 0.29) is 0 Å². The molecule has 0 saturated heterocycles. The van der Waals surface area contributed by atoms with Gasteiger partial charge in [-0.2, -0.15) is 0 Å². The van der Waals surface area contributed by atoms with Gasteiger partial charge in [-0.15, -0.1) is 0 Å². The number of aryl methyl sites for hydroxylation is 1. The summed E-state index contributed by atoms with van der Waals surface area (Å²) in [5, 5.41) is 11.6. The Hall–Kier alpha value is -3.28. The van der Waals surface area contributed by atoms with Crippen molar-refractivity contribution < 1.29 is 23.8 Å². The van der Waals surface area contributed by atoms with Gasteiger partial charge >= 0.3 is 5.63 Å². The van der Waals surface area contributed by atoms with Crippen molar-refractivity contribution in [2.75, 3.05) is 7.11 Å². The first kappa shape index (κ1) is 17.5. The van der Waals surface area contributed by atoms with Crippen LogP contribution in [0.25, 0.3) is 22.1 Å². The highest BCUT2D eigenvalue weighted by Gasteiger charge is 2.15. The summed E-state index contributed by atoms with van der Waals surface area (Å²) in [4.78, 5) is 23.0. The zero-order valence-corrected chi connectivity index (χ0v) is 14.6. The summed E-state index contributed by atoms with van der Waals surface area (Å²) >= 11 is 0. The van der Waals surface area contributed by atoms with Crippen LogP contribution in [-0.2, 0) is 4.79 Å². The first-order valence-corrected chi connectivity index (χ1v) is 8.00. The number of fused-ring (bicyclic) bond motifs is 1. The van der Waals surface area contributed by atoms with Crippen LogP contribution < -0.4 is 20.2 Å². The number of carbonyl (C=O) groups is 1. The van der Waals surface area contributed by atoms with Gasteiger partial charge in [-0.05, 0) is 49.2 Å². The minimum absolute atomic E-state index is 0.323. The Morgan fingerprint density at radius 1 is 1.15 bits per heavy atom. The third-order valence-electron chi connectivity index (χ3n) is 4.15. The lowest BCUT2D eigenvalue weighted by atomic mass is 10.00. The molecule has 0 N–H and O–H groups in total. The van der Waals surface area contributed by atoms with Crippen LogP contribution in [0, 0.1) is 6.92 Å². The van der Waals surface area contributed by atoms with Crippen LogP contribution in [0.2, 0.25) is 0 Å². The SMILES string of the molecule is COc1ccc(-c2cc(=O)oc3c(C)c(O[C@H](C)C(=O)[O-])ccc23)cc1. The van der Waals surface area contributed by atoms with Crippen molar-refractivity contribution in [1.82, 2.24) is 0 Å². The van der Waals surface area contributed by atoms with E-state index in [2.05, 4.69) is 0 Å². The predicted molar refractivity (Wildman–Crippen MR) is 94.3 cm³/mol. The van der Waals surface area contributed by atoms with Gasteiger partial charge in [0, 0.05) is 17.0 Å². The van der Waals surface area contributed by atoms with E-state index >= 15 is 0 Å². The molecule has 6 nitrogen and oxygen atoms in total. The van der Waals surface area contributed by atoms with E-state index < -0.39 is 17.7 Å². The Morgan fingerprint density at radius 3 is 2.46 bits per heavy atom. The zero-order valence-electron chi connectivity index (χ0n) is 14.6. The van der Waals surface area contributed by atoms with Gasteiger partial charge in [-0.3, -0.25) is 0 Å². The van der Waals surface area contributed by atoms with Crippen LogP contribution in [0.3, 0.4) is 0 Å². The van der Waals surface area contributed by atoms with Gasteiger partial charge < -0.3 is 23.8 Å². The van der Waals surface area contributed by atoms with Crippen LogP contribution in [0.5, 0.6) is 11.5 Å². The number of methoxy groups -OCH3 is 1. The molecule has 6 heteroatoms. The Labute approximate surface area is 149 Å². The van der Waals surface area contributed by atoms with Gasteiger partial charge in [-0.1, -0.05) is 12.1 Å². The largest absolute Gasteiger partial charge is 0.546 e. The van der Waals surface area contributed by atoms with Crippen molar-refractivity contribution >= 4 is 16.9 Å². The highest BCUT2D eigenvalue weighted by molar-refractivity contribution is 5.95. The second-order valence-corrected chi connectivity index (χ2v) is 5.85. The molecule has 3 aromatic rings. The molecule has 3 rings (SSSR count). The maximum atomic E-state index is 12.1. The van der Waals surface area contributed by atoms with Crippen molar-refractivity contribution in [3.8, 4) is 22.6 Å². The molecule has 0 spiro atoms. The van der Waals surface area contributed by atoms with Crippen LogP contribution in [0.4, 0.5) is 0 Å². The van der Waals surface area contributed by atoms with E-state index in [1.165, 1.54) is 13.0 Å². The van der Waals surface area contributed by atoms with Gasteiger partial charge in [0.2, 0.25) is 0 Å². The average Bonchev–Trinajstić information content (AvgIpc) is 2.63. The molecule has 0 fully saturated rings. The number of carboxylic acids is 1. The van der Waals surface area contributed by atoms with E-state index in [1.54, 1.807) is 26.2 Å². The van der Waals surface area contributed by atoms with Crippen molar-refractivity contribution in [2.45, 2.75) is 20.0 Å². The lowest BCUT2D eigenvalue weighted by molar-refractivity contribution is -0.312. The highest BCUT2D eigenvalue weighted by Crippen LogP contribution is 2.34. The van der Waals surface area contributed by atoms with Crippen LogP contribution in [0.15, 0.2) is 51.7 Å². The zero-order chi connectivity index (χ0) is 18.8. The van der Waals surface area contributed by atoms with E-state index in [9.17, 15) is 14.7 Å². The minimum atomic E-state index is -1.32. The van der Waals surface area contributed by atoms with Crippen molar-refractivity contribution in [1.29, 1.82) is 0 Å². The number of rotatable bonds is 5. The fourth-order valence-electron chi connectivity index (χ4n) is 2.72. The molecule has 0 saturated carbocycles. The van der Waals surface area contributed by atoms with Gasteiger partial charge in [0.1, 0.15) is 23.2 Å².